The van der Waals surface area contributed by atoms with Crippen LogP contribution in [0.4, 0.5) is 0 Å². The molecular weight excluding hydrogens is 264 g/mol. The second kappa shape index (κ2) is 6.73. The molecule has 1 fully saturated rings. The van der Waals surface area contributed by atoms with E-state index in [9.17, 15) is 5.11 Å². The zero-order chi connectivity index (χ0) is 13.8. The summed E-state index contributed by atoms with van der Waals surface area (Å²) < 4.78 is 7.26. The average Bonchev–Trinajstić information content (AvgIpc) is 2.76. The third kappa shape index (κ3) is 3.30. The molecule has 1 atom stereocenters. The number of aromatic nitrogens is 2. The molecule has 1 aromatic rings. The smallest absolute Gasteiger partial charge is 0.0850 e. The Labute approximate surface area is 119 Å². The van der Waals surface area contributed by atoms with Gasteiger partial charge in [0, 0.05) is 26.2 Å². The zero-order valence-electron chi connectivity index (χ0n) is 11.7. The molecular formula is C14H23ClN2O2. The summed E-state index contributed by atoms with van der Waals surface area (Å²) in [4.78, 5) is 0. The second-order valence-corrected chi connectivity index (χ2v) is 5.48. The first kappa shape index (κ1) is 14.8. The first-order valence-corrected chi connectivity index (χ1v) is 7.55. The van der Waals surface area contributed by atoms with Crippen LogP contribution >= 0.6 is 11.6 Å². The minimum atomic E-state index is -0.354. The van der Waals surface area contributed by atoms with Crippen molar-refractivity contribution in [3.8, 4) is 0 Å². The Morgan fingerprint density at radius 1 is 1.42 bits per heavy atom. The van der Waals surface area contributed by atoms with Crippen LogP contribution in [0.5, 0.6) is 0 Å². The lowest BCUT2D eigenvalue weighted by molar-refractivity contribution is 0.00771. The van der Waals surface area contributed by atoms with Gasteiger partial charge in [-0.2, -0.15) is 5.10 Å². The van der Waals surface area contributed by atoms with E-state index in [2.05, 4.69) is 5.10 Å². The number of nitrogens with zero attached hydrogens (tertiary/aromatic N) is 2. The maximum atomic E-state index is 10.4. The molecule has 1 aromatic heterocycles. The number of ether oxygens (including phenoxy) is 1. The molecule has 0 bridgehead atoms. The van der Waals surface area contributed by atoms with Crippen molar-refractivity contribution < 1.29 is 9.84 Å². The Balaban J connectivity index is 2.10. The third-order valence-electron chi connectivity index (χ3n) is 3.91. The van der Waals surface area contributed by atoms with Crippen LogP contribution in [0, 0.1) is 5.92 Å². The van der Waals surface area contributed by atoms with Gasteiger partial charge in [0.15, 0.2) is 0 Å². The summed E-state index contributed by atoms with van der Waals surface area (Å²) in [6.07, 6.45) is 2.92. The quantitative estimate of drug-likeness (QED) is 0.904. The van der Waals surface area contributed by atoms with Crippen molar-refractivity contribution in [1.29, 1.82) is 0 Å². The summed E-state index contributed by atoms with van der Waals surface area (Å²) in [6, 6.07) is 0. The minimum Gasteiger partial charge on any atom is -0.392 e. The van der Waals surface area contributed by atoms with Crippen LogP contribution in [0.15, 0.2) is 0 Å². The Hall–Kier alpha value is -0.580. The van der Waals surface area contributed by atoms with Crippen LogP contribution in [0.1, 0.15) is 38.1 Å². The van der Waals surface area contributed by atoms with Gasteiger partial charge in [-0.1, -0.05) is 18.5 Å². The van der Waals surface area contributed by atoms with Crippen LogP contribution < -0.4 is 0 Å². The molecule has 0 aliphatic carbocycles. The highest BCUT2D eigenvalue weighted by Gasteiger charge is 2.25. The van der Waals surface area contributed by atoms with Gasteiger partial charge >= 0.3 is 0 Å². The standard InChI is InChI=1S/C14H23ClN2O2/c1-3-11-14(15)12(17(4-2)16-11)9-13(18)10-5-7-19-8-6-10/h10,13,18H,3-9H2,1-2H3. The van der Waals surface area contributed by atoms with Gasteiger partial charge in [-0.25, -0.2) is 0 Å². The number of aryl methyl sites for hydroxylation is 2. The molecule has 2 heterocycles. The first-order valence-electron chi connectivity index (χ1n) is 7.17. The van der Waals surface area contributed by atoms with E-state index in [0.717, 1.165) is 55.4 Å². The van der Waals surface area contributed by atoms with Gasteiger partial charge in [0.25, 0.3) is 0 Å². The lowest BCUT2D eigenvalue weighted by atomic mass is 9.91. The van der Waals surface area contributed by atoms with Crippen molar-refractivity contribution in [3.63, 3.8) is 0 Å². The van der Waals surface area contributed by atoms with Crippen molar-refractivity contribution >= 4 is 11.6 Å². The molecule has 1 unspecified atom stereocenters. The molecule has 1 aliphatic heterocycles. The van der Waals surface area contributed by atoms with Crippen LogP contribution in [0.2, 0.25) is 5.02 Å². The Bertz CT molecular complexity index is 414. The fourth-order valence-electron chi connectivity index (χ4n) is 2.68. The molecule has 0 spiro atoms. The normalized spacial score (nSPS) is 18.7. The number of aliphatic hydroxyl groups is 1. The van der Waals surface area contributed by atoms with Crippen molar-refractivity contribution in [1.82, 2.24) is 9.78 Å². The molecule has 5 heteroatoms. The van der Waals surface area contributed by atoms with E-state index in [1.807, 2.05) is 18.5 Å². The number of aliphatic hydroxyl groups excluding tert-OH is 1. The van der Waals surface area contributed by atoms with Crippen molar-refractivity contribution in [2.24, 2.45) is 5.92 Å². The number of hydrogen-bond donors (Lipinski definition) is 1. The molecule has 1 N–H and O–H groups in total. The third-order valence-corrected chi connectivity index (χ3v) is 4.34. The molecule has 1 saturated heterocycles. The molecule has 108 valence electrons. The van der Waals surface area contributed by atoms with Crippen molar-refractivity contribution in [2.75, 3.05) is 13.2 Å². The monoisotopic (exact) mass is 286 g/mol. The average molecular weight is 287 g/mol. The van der Waals surface area contributed by atoms with Crippen LogP contribution in [-0.2, 0) is 24.1 Å². The van der Waals surface area contributed by atoms with E-state index in [0.29, 0.717) is 12.3 Å². The summed E-state index contributed by atoms with van der Waals surface area (Å²) in [5.41, 5.74) is 1.90. The van der Waals surface area contributed by atoms with Crippen LogP contribution in [0.3, 0.4) is 0 Å². The number of hydrogen-bond acceptors (Lipinski definition) is 3. The fourth-order valence-corrected chi connectivity index (χ4v) is 3.02. The van der Waals surface area contributed by atoms with E-state index >= 15 is 0 Å². The summed E-state index contributed by atoms with van der Waals surface area (Å²) in [5, 5.41) is 15.6. The minimum absolute atomic E-state index is 0.315. The molecule has 0 saturated carbocycles. The largest absolute Gasteiger partial charge is 0.392 e. The summed E-state index contributed by atoms with van der Waals surface area (Å²) in [5.74, 6) is 0.315. The number of halogens is 1. The lowest BCUT2D eigenvalue weighted by Gasteiger charge is -2.26. The maximum absolute atomic E-state index is 10.4. The van der Waals surface area contributed by atoms with Crippen LogP contribution in [-0.4, -0.2) is 34.2 Å². The predicted molar refractivity (Wildman–Crippen MR) is 75.5 cm³/mol. The molecule has 19 heavy (non-hydrogen) atoms. The van der Waals surface area contributed by atoms with Gasteiger partial charge < -0.3 is 9.84 Å². The van der Waals surface area contributed by atoms with Crippen molar-refractivity contribution in [2.45, 2.75) is 52.2 Å². The molecule has 2 rings (SSSR count). The topological polar surface area (TPSA) is 47.3 Å². The molecule has 0 radical (unpaired) electrons. The van der Waals surface area contributed by atoms with Gasteiger partial charge in [-0.3, -0.25) is 4.68 Å². The molecule has 0 amide bonds. The Morgan fingerprint density at radius 3 is 2.68 bits per heavy atom. The van der Waals surface area contributed by atoms with Crippen LogP contribution in [0.25, 0.3) is 0 Å². The molecule has 4 nitrogen and oxygen atoms in total. The highest BCUT2D eigenvalue weighted by molar-refractivity contribution is 6.31. The predicted octanol–water partition coefficient (Wildman–Crippen LogP) is 2.45. The second-order valence-electron chi connectivity index (χ2n) is 5.10. The van der Waals surface area contributed by atoms with E-state index < -0.39 is 0 Å². The van der Waals surface area contributed by atoms with E-state index in [1.165, 1.54) is 0 Å². The first-order chi connectivity index (χ1) is 9.17. The molecule has 0 aromatic carbocycles. The SMILES string of the molecule is CCc1nn(CC)c(CC(O)C2CCOCC2)c1Cl. The summed E-state index contributed by atoms with van der Waals surface area (Å²) >= 11 is 6.37. The van der Waals surface area contributed by atoms with Gasteiger partial charge in [0.2, 0.25) is 0 Å². The number of rotatable bonds is 5. The van der Waals surface area contributed by atoms with Crippen molar-refractivity contribution in [3.05, 3.63) is 16.4 Å². The van der Waals surface area contributed by atoms with Gasteiger partial charge in [-0.05, 0) is 32.1 Å². The fraction of sp³-hybridized carbons (Fsp3) is 0.786. The van der Waals surface area contributed by atoms with Gasteiger partial charge in [0.05, 0.1) is 22.5 Å². The Kier molecular flexibility index (Phi) is 5.25. The van der Waals surface area contributed by atoms with E-state index in [1.54, 1.807) is 0 Å². The highest BCUT2D eigenvalue weighted by Crippen LogP contribution is 2.27. The van der Waals surface area contributed by atoms with Gasteiger partial charge in [0.1, 0.15) is 0 Å². The lowest BCUT2D eigenvalue weighted by Crippen LogP contribution is -2.29. The van der Waals surface area contributed by atoms with E-state index in [4.69, 9.17) is 16.3 Å². The summed E-state index contributed by atoms with van der Waals surface area (Å²) in [7, 11) is 0. The Morgan fingerprint density at radius 2 is 2.11 bits per heavy atom. The zero-order valence-corrected chi connectivity index (χ0v) is 12.5. The highest BCUT2D eigenvalue weighted by atomic mass is 35.5. The van der Waals surface area contributed by atoms with E-state index in [-0.39, 0.29) is 6.10 Å². The van der Waals surface area contributed by atoms with Gasteiger partial charge in [-0.15, -0.1) is 0 Å². The maximum Gasteiger partial charge on any atom is 0.0850 e. The summed E-state index contributed by atoms with van der Waals surface area (Å²) in [6.45, 7) is 6.39. The molecule has 1 aliphatic rings.